The van der Waals surface area contributed by atoms with Gasteiger partial charge in [-0.1, -0.05) is 98.0 Å². The lowest BCUT2D eigenvalue weighted by molar-refractivity contribution is -0.119. The van der Waals surface area contributed by atoms with Crippen LogP contribution < -0.4 is 4.90 Å². The van der Waals surface area contributed by atoms with Gasteiger partial charge in [-0.15, -0.1) is 0 Å². The van der Waals surface area contributed by atoms with Crippen molar-refractivity contribution in [1.29, 1.82) is 0 Å². The van der Waals surface area contributed by atoms with E-state index in [1.54, 1.807) is 11.3 Å². The minimum absolute atomic E-state index is 0.0177. The van der Waals surface area contributed by atoms with Gasteiger partial charge in [0.1, 0.15) is 0 Å². The van der Waals surface area contributed by atoms with Crippen LogP contribution in [0.3, 0.4) is 0 Å². The summed E-state index contributed by atoms with van der Waals surface area (Å²) in [6.07, 6.45) is 0. The number of benzene rings is 3. The van der Waals surface area contributed by atoms with Crippen LogP contribution in [0.5, 0.6) is 0 Å². The second-order valence-corrected chi connectivity index (χ2v) is 10.7. The maximum absolute atomic E-state index is 14.5. The molecule has 0 fully saturated rings. The van der Waals surface area contributed by atoms with Gasteiger partial charge in [-0.3, -0.25) is 14.4 Å². The molecule has 0 N–H and O–H groups in total. The number of aryl methyl sites for hydroxylation is 2. The summed E-state index contributed by atoms with van der Waals surface area (Å²) in [6, 6.07) is 28.4. The van der Waals surface area contributed by atoms with Crippen LogP contribution >= 0.6 is 11.3 Å². The first-order valence-electron chi connectivity index (χ1n) is 12.7. The van der Waals surface area contributed by atoms with Crippen LogP contribution in [0, 0.1) is 13.8 Å². The van der Waals surface area contributed by atoms with E-state index in [1.165, 1.54) is 5.56 Å². The van der Waals surface area contributed by atoms with E-state index in [4.69, 9.17) is 4.98 Å². The zero-order valence-electron chi connectivity index (χ0n) is 21.8. The summed E-state index contributed by atoms with van der Waals surface area (Å²) >= 11 is 1.58. The van der Waals surface area contributed by atoms with Crippen molar-refractivity contribution in [1.82, 2.24) is 14.8 Å². The van der Waals surface area contributed by atoms with Crippen molar-refractivity contribution in [3.8, 4) is 0 Å². The van der Waals surface area contributed by atoms with Crippen LogP contribution in [0.2, 0.25) is 0 Å². The van der Waals surface area contributed by atoms with E-state index in [2.05, 4.69) is 50.1 Å². The molecule has 5 aromatic rings. The molecule has 2 heterocycles. The second-order valence-electron chi connectivity index (χ2n) is 9.74. The molecule has 188 valence electrons. The van der Waals surface area contributed by atoms with Crippen LogP contribution in [0.15, 0.2) is 84.9 Å². The standard InChI is InChI=1S/C31H32N4OS/c1-21(2)26-16-11-17-27-29(26)32-31(37-27)34(18-19-35-23(4)20-22(3)33-35)30(36)28(24-12-7-5-8-13-24)25-14-9-6-10-15-25/h5-17,20-21,28H,18-19H2,1-4H3. The third-order valence-electron chi connectivity index (χ3n) is 6.71. The van der Waals surface area contributed by atoms with Gasteiger partial charge in [0, 0.05) is 12.2 Å². The van der Waals surface area contributed by atoms with Gasteiger partial charge in [-0.25, -0.2) is 4.98 Å². The third-order valence-corrected chi connectivity index (χ3v) is 7.75. The molecule has 0 aliphatic carbocycles. The summed E-state index contributed by atoms with van der Waals surface area (Å²) < 4.78 is 3.07. The third kappa shape index (κ3) is 5.20. The van der Waals surface area contributed by atoms with E-state index >= 15 is 0 Å². The summed E-state index contributed by atoms with van der Waals surface area (Å²) in [6.45, 7) is 9.48. The molecule has 1 amide bonds. The maximum Gasteiger partial charge on any atom is 0.240 e. The normalized spacial score (nSPS) is 11.5. The predicted octanol–water partition coefficient (Wildman–Crippen LogP) is 7.10. The SMILES string of the molecule is Cc1cc(C)n(CCN(C(=O)C(c2ccccc2)c2ccccc2)c2nc3c(C(C)C)cccc3s2)n1. The molecule has 0 aliphatic rings. The summed E-state index contributed by atoms with van der Waals surface area (Å²) in [5.41, 5.74) is 6.19. The van der Waals surface area contributed by atoms with Gasteiger partial charge in [-0.2, -0.15) is 5.10 Å². The molecule has 37 heavy (non-hydrogen) atoms. The zero-order valence-corrected chi connectivity index (χ0v) is 22.6. The Balaban J connectivity index is 1.60. The average Bonchev–Trinajstić information content (AvgIpc) is 3.47. The highest BCUT2D eigenvalue weighted by Crippen LogP contribution is 2.36. The van der Waals surface area contributed by atoms with Crippen molar-refractivity contribution < 1.29 is 4.79 Å². The Kier molecular flexibility index (Phi) is 7.19. The highest BCUT2D eigenvalue weighted by atomic mass is 32.1. The Morgan fingerprint density at radius 2 is 1.57 bits per heavy atom. The molecule has 6 heteroatoms. The number of thiazole rings is 1. The lowest BCUT2D eigenvalue weighted by Crippen LogP contribution is -2.38. The van der Waals surface area contributed by atoms with Gasteiger partial charge in [-0.05, 0) is 48.6 Å². The average molecular weight is 509 g/mol. The lowest BCUT2D eigenvalue weighted by Gasteiger charge is -2.26. The van der Waals surface area contributed by atoms with Crippen molar-refractivity contribution in [2.24, 2.45) is 0 Å². The molecular formula is C31H32N4OS. The minimum atomic E-state index is -0.431. The van der Waals surface area contributed by atoms with Crippen LogP contribution in [-0.4, -0.2) is 27.2 Å². The number of anilines is 1. The fourth-order valence-corrected chi connectivity index (χ4v) is 5.89. The smallest absolute Gasteiger partial charge is 0.240 e. The molecule has 0 spiro atoms. The number of carbonyl (C=O) groups excluding carboxylic acids is 1. The Morgan fingerprint density at radius 1 is 0.919 bits per heavy atom. The molecule has 5 nitrogen and oxygen atoms in total. The fraction of sp³-hybridized carbons (Fsp3) is 0.258. The zero-order chi connectivity index (χ0) is 25.9. The Morgan fingerprint density at radius 3 is 2.14 bits per heavy atom. The van der Waals surface area contributed by atoms with Crippen LogP contribution in [-0.2, 0) is 11.3 Å². The van der Waals surface area contributed by atoms with Gasteiger partial charge in [0.25, 0.3) is 0 Å². The Labute approximate surface area is 222 Å². The number of amides is 1. The number of rotatable bonds is 8. The van der Waals surface area contributed by atoms with E-state index < -0.39 is 5.92 Å². The molecule has 0 saturated heterocycles. The molecule has 5 rings (SSSR count). The topological polar surface area (TPSA) is 51.0 Å². The summed E-state index contributed by atoms with van der Waals surface area (Å²) in [5, 5.41) is 5.37. The van der Waals surface area contributed by atoms with Gasteiger partial charge in [0.15, 0.2) is 5.13 Å². The molecule has 2 aromatic heterocycles. The predicted molar refractivity (Wildman–Crippen MR) is 152 cm³/mol. The quantitative estimate of drug-likeness (QED) is 0.225. The first-order valence-corrected chi connectivity index (χ1v) is 13.6. The van der Waals surface area contributed by atoms with Gasteiger partial charge in [0.2, 0.25) is 5.91 Å². The van der Waals surface area contributed by atoms with Gasteiger partial charge >= 0.3 is 0 Å². The number of para-hydroxylation sites is 1. The lowest BCUT2D eigenvalue weighted by atomic mass is 9.90. The van der Waals surface area contributed by atoms with Crippen LogP contribution in [0.1, 0.15) is 53.8 Å². The second kappa shape index (κ2) is 10.7. The molecule has 0 bridgehead atoms. The van der Waals surface area contributed by atoms with Gasteiger partial charge in [0.05, 0.1) is 28.4 Å². The molecule has 0 aliphatic heterocycles. The largest absolute Gasteiger partial charge is 0.285 e. The van der Waals surface area contributed by atoms with Crippen molar-refractivity contribution in [2.75, 3.05) is 11.4 Å². The molecular weight excluding hydrogens is 476 g/mol. The van der Waals surface area contributed by atoms with Crippen molar-refractivity contribution >= 4 is 32.6 Å². The van der Waals surface area contributed by atoms with E-state index in [0.717, 1.165) is 37.9 Å². The van der Waals surface area contributed by atoms with Gasteiger partial charge < -0.3 is 0 Å². The minimum Gasteiger partial charge on any atom is -0.285 e. The van der Waals surface area contributed by atoms with E-state index in [1.807, 2.05) is 77.2 Å². The van der Waals surface area contributed by atoms with E-state index in [0.29, 0.717) is 19.0 Å². The number of hydrogen-bond donors (Lipinski definition) is 0. The number of fused-ring (bicyclic) bond motifs is 1. The fourth-order valence-electron chi connectivity index (χ4n) is 4.86. The Bertz CT molecular complexity index is 1470. The highest BCUT2D eigenvalue weighted by Gasteiger charge is 2.30. The number of carbonyl (C=O) groups is 1. The summed E-state index contributed by atoms with van der Waals surface area (Å²) in [5.74, 6) is -0.0672. The number of nitrogens with zero attached hydrogens (tertiary/aromatic N) is 4. The van der Waals surface area contributed by atoms with E-state index in [-0.39, 0.29) is 5.91 Å². The summed E-state index contributed by atoms with van der Waals surface area (Å²) in [7, 11) is 0. The first-order chi connectivity index (χ1) is 17.9. The van der Waals surface area contributed by atoms with Crippen molar-refractivity contribution in [2.45, 2.75) is 46.1 Å². The highest BCUT2D eigenvalue weighted by molar-refractivity contribution is 7.22. The first kappa shape index (κ1) is 24.9. The molecule has 0 unspecified atom stereocenters. The Hall–Kier alpha value is -3.77. The molecule has 0 saturated carbocycles. The van der Waals surface area contributed by atoms with Crippen LogP contribution in [0.4, 0.5) is 5.13 Å². The van der Waals surface area contributed by atoms with E-state index in [9.17, 15) is 4.79 Å². The van der Waals surface area contributed by atoms with Crippen LogP contribution in [0.25, 0.3) is 10.2 Å². The maximum atomic E-state index is 14.5. The van der Waals surface area contributed by atoms with Crippen molar-refractivity contribution in [3.05, 3.63) is 113 Å². The number of hydrogen-bond acceptors (Lipinski definition) is 4. The molecule has 3 aromatic carbocycles. The number of aromatic nitrogens is 3. The molecule has 0 atom stereocenters. The molecule has 0 radical (unpaired) electrons. The summed E-state index contributed by atoms with van der Waals surface area (Å²) in [4.78, 5) is 21.4. The monoisotopic (exact) mass is 508 g/mol. The van der Waals surface area contributed by atoms with Crippen molar-refractivity contribution in [3.63, 3.8) is 0 Å².